The number of H-pyrrole nitrogens is 1. The van der Waals surface area contributed by atoms with Crippen molar-refractivity contribution in [2.24, 2.45) is 4.99 Å². The first-order chi connectivity index (χ1) is 17.4. The molecule has 0 aliphatic carbocycles. The van der Waals surface area contributed by atoms with Crippen LogP contribution in [-0.4, -0.2) is 64.2 Å². The Kier molecular flexibility index (Phi) is 7.51. The third-order valence-electron chi connectivity index (χ3n) is 5.35. The molecule has 4 rings (SSSR count). The van der Waals surface area contributed by atoms with E-state index in [-0.39, 0.29) is 16.9 Å². The van der Waals surface area contributed by atoms with Gasteiger partial charge in [-0.3, -0.25) is 0 Å². The number of nitrogens with one attached hydrogen (secondary N) is 1. The summed E-state index contributed by atoms with van der Waals surface area (Å²) in [6.07, 6.45) is -5.63. The van der Waals surface area contributed by atoms with Crippen molar-refractivity contribution in [1.29, 1.82) is 0 Å². The fraction of sp³-hybridized carbons (Fsp3) is 0.320. The normalized spacial score (nSPS) is 16.7. The van der Waals surface area contributed by atoms with Crippen LogP contribution in [0.1, 0.15) is 12.6 Å². The van der Waals surface area contributed by atoms with Gasteiger partial charge in [0.1, 0.15) is 29.0 Å². The highest BCUT2D eigenvalue weighted by molar-refractivity contribution is 7.90. The monoisotopic (exact) mass is 538 g/mol. The first-order valence-corrected chi connectivity index (χ1v) is 13.1. The van der Waals surface area contributed by atoms with E-state index in [0.29, 0.717) is 40.8 Å². The molecule has 0 amide bonds. The minimum Gasteiger partial charge on any atom is -0.488 e. The van der Waals surface area contributed by atoms with E-state index in [2.05, 4.69) is 9.98 Å². The van der Waals surface area contributed by atoms with Crippen LogP contribution in [0.4, 0.5) is 13.2 Å². The minimum absolute atomic E-state index is 0.114. The van der Waals surface area contributed by atoms with Gasteiger partial charge >= 0.3 is 6.18 Å². The van der Waals surface area contributed by atoms with Crippen molar-refractivity contribution in [3.05, 3.63) is 60.3 Å². The molecule has 0 fully saturated rings. The molecule has 1 aliphatic heterocycles. The van der Waals surface area contributed by atoms with Crippen molar-refractivity contribution in [1.82, 2.24) is 4.98 Å². The van der Waals surface area contributed by atoms with Crippen LogP contribution < -0.4 is 9.47 Å². The van der Waals surface area contributed by atoms with E-state index in [9.17, 15) is 21.6 Å². The Morgan fingerprint density at radius 2 is 1.73 bits per heavy atom. The third-order valence-corrected chi connectivity index (χ3v) is 6.48. The fourth-order valence-corrected chi connectivity index (χ4v) is 4.26. The second-order valence-corrected chi connectivity index (χ2v) is 10.5. The number of sulfone groups is 1. The lowest BCUT2D eigenvalue weighted by atomic mass is 10.1. The minimum atomic E-state index is -4.50. The standard InChI is InChI=1S/C25H25F3N2O6S/c1-15(14-33-2)34-18-10-16(11-19(12-18)35-17-4-6-20(7-5-17)37(3,31)32)21-8-9-22(30-21)24-29-13-23(36-24)25(26,27)28/h4-12,15,23,30H,13-14H2,1-3H3/t15-,23+/m0/s1. The van der Waals surface area contributed by atoms with Crippen molar-refractivity contribution in [2.45, 2.75) is 30.2 Å². The summed E-state index contributed by atoms with van der Waals surface area (Å²) in [6.45, 7) is 1.68. The van der Waals surface area contributed by atoms with Gasteiger partial charge in [0.25, 0.3) is 0 Å². The molecule has 1 aromatic heterocycles. The predicted molar refractivity (Wildman–Crippen MR) is 130 cm³/mol. The van der Waals surface area contributed by atoms with Crippen molar-refractivity contribution in [2.75, 3.05) is 26.5 Å². The molecule has 2 atom stereocenters. The second kappa shape index (κ2) is 10.5. The van der Waals surface area contributed by atoms with Crippen molar-refractivity contribution >= 4 is 15.7 Å². The summed E-state index contributed by atoms with van der Waals surface area (Å²) < 4.78 is 84.3. The fourth-order valence-electron chi connectivity index (χ4n) is 3.63. The Bertz CT molecular complexity index is 1380. The summed E-state index contributed by atoms with van der Waals surface area (Å²) in [5.41, 5.74) is 1.50. The molecular formula is C25H25F3N2O6S. The highest BCUT2D eigenvalue weighted by Crippen LogP contribution is 2.34. The molecule has 8 nitrogen and oxygen atoms in total. The first-order valence-electron chi connectivity index (χ1n) is 11.2. The SMILES string of the molecule is COC[C@H](C)Oc1cc(Oc2ccc(S(C)(=O)=O)cc2)cc(-c2ccc(C3=NC[C@H](C(F)(F)F)O3)[nH]2)c1. The lowest BCUT2D eigenvalue weighted by molar-refractivity contribution is -0.190. The van der Waals surface area contributed by atoms with Crippen LogP contribution in [0.2, 0.25) is 0 Å². The zero-order valence-corrected chi connectivity index (χ0v) is 21.0. The summed E-state index contributed by atoms with van der Waals surface area (Å²) in [6, 6.07) is 14.4. The molecule has 0 radical (unpaired) electrons. The van der Waals surface area contributed by atoms with E-state index in [1.54, 1.807) is 37.4 Å². The number of methoxy groups -OCH3 is 1. The molecule has 0 unspecified atom stereocenters. The Morgan fingerprint density at radius 1 is 1.05 bits per heavy atom. The van der Waals surface area contributed by atoms with Gasteiger partial charge in [-0.25, -0.2) is 13.4 Å². The van der Waals surface area contributed by atoms with E-state index in [0.717, 1.165) is 6.26 Å². The molecule has 0 saturated heterocycles. The van der Waals surface area contributed by atoms with Gasteiger partial charge in [-0.2, -0.15) is 13.2 Å². The van der Waals surface area contributed by atoms with Crippen molar-refractivity contribution < 1.29 is 40.5 Å². The molecule has 1 N–H and O–H groups in total. The number of aromatic nitrogens is 1. The Hall–Kier alpha value is -3.51. The van der Waals surface area contributed by atoms with Gasteiger partial charge in [0, 0.05) is 30.7 Å². The number of halogens is 3. The highest BCUT2D eigenvalue weighted by Gasteiger charge is 2.45. The molecule has 0 spiro atoms. The van der Waals surface area contributed by atoms with Crippen LogP contribution in [0.15, 0.2) is 64.5 Å². The zero-order chi connectivity index (χ0) is 26.8. The van der Waals surface area contributed by atoms with Gasteiger partial charge in [0.2, 0.25) is 12.0 Å². The predicted octanol–water partition coefficient (Wildman–Crippen LogP) is 5.00. The van der Waals surface area contributed by atoms with Crippen LogP contribution in [0.5, 0.6) is 17.2 Å². The molecule has 3 aromatic rings. The average Bonchev–Trinajstić information content (AvgIpc) is 3.49. The Balaban J connectivity index is 1.61. The number of alkyl halides is 3. The molecule has 198 valence electrons. The van der Waals surface area contributed by atoms with E-state index < -0.39 is 28.7 Å². The molecule has 12 heteroatoms. The molecule has 1 aliphatic rings. The lowest BCUT2D eigenvalue weighted by Crippen LogP contribution is -2.32. The molecule has 0 saturated carbocycles. The molecule has 0 bridgehead atoms. The summed E-state index contributed by atoms with van der Waals surface area (Å²) >= 11 is 0. The van der Waals surface area contributed by atoms with Gasteiger partial charge in [-0.05, 0) is 55.5 Å². The van der Waals surface area contributed by atoms with Crippen LogP contribution in [0.25, 0.3) is 11.3 Å². The van der Waals surface area contributed by atoms with E-state index in [1.807, 2.05) is 6.92 Å². The van der Waals surface area contributed by atoms with E-state index in [1.165, 1.54) is 24.3 Å². The number of aliphatic imine (C=N–C) groups is 1. The maximum atomic E-state index is 13.0. The number of hydrogen-bond donors (Lipinski definition) is 1. The molecule has 2 heterocycles. The zero-order valence-electron chi connectivity index (χ0n) is 20.2. The second-order valence-electron chi connectivity index (χ2n) is 8.50. The number of ether oxygens (including phenoxy) is 4. The quantitative estimate of drug-likeness (QED) is 0.412. The number of aromatic amines is 1. The lowest BCUT2D eigenvalue weighted by Gasteiger charge is -2.16. The maximum Gasteiger partial charge on any atom is 0.427 e. The number of nitrogens with zero attached hydrogens (tertiary/aromatic N) is 1. The van der Waals surface area contributed by atoms with Crippen LogP contribution in [-0.2, 0) is 19.3 Å². The van der Waals surface area contributed by atoms with Gasteiger partial charge < -0.3 is 23.9 Å². The van der Waals surface area contributed by atoms with Gasteiger partial charge in [-0.15, -0.1) is 0 Å². The van der Waals surface area contributed by atoms with Crippen LogP contribution in [0.3, 0.4) is 0 Å². The number of rotatable bonds is 9. The van der Waals surface area contributed by atoms with E-state index in [4.69, 9.17) is 18.9 Å². The Labute approximate surface area is 212 Å². The third kappa shape index (κ3) is 6.63. The van der Waals surface area contributed by atoms with Crippen molar-refractivity contribution in [3.63, 3.8) is 0 Å². The summed E-state index contributed by atoms with van der Waals surface area (Å²) in [7, 11) is -1.79. The maximum absolute atomic E-state index is 13.0. The topological polar surface area (TPSA) is 99.2 Å². The van der Waals surface area contributed by atoms with Crippen LogP contribution >= 0.6 is 0 Å². The largest absolute Gasteiger partial charge is 0.488 e. The van der Waals surface area contributed by atoms with Gasteiger partial charge in [-0.1, -0.05) is 0 Å². The smallest absolute Gasteiger partial charge is 0.427 e. The van der Waals surface area contributed by atoms with Gasteiger partial charge in [0.05, 0.1) is 18.0 Å². The van der Waals surface area contributed by atoms with Crippen molar-refractivity contribution in [3.8, 4) is 28.5 Å². The molecule has 2 aromatic carbocycles. The number of benzene rings is 2. The summed E-state index contributed by atoms with van der Waals surface area (Å²) in [4.78, 5) is 7.07. The molecular weight excluding hydrogens is 513 g/mol. The highest BCUT2D eigenvalue weighted by atomic mass is 32.2. The van der Waals surface area contributed by atoms with E-state index >= 15 is 0 Å². The number of hydrogen-bond acceptors (Lipinski definition) is 7. The van der Waals surface area contributed by atoms with Gasteiger partial charge in [0.15, 0.2) is 9.84 Å². The summed E-state index contributed by atoms with van der Waals surface area (Å²) in [5.74, 6) is 1.15. The Morgan fingerprint density at radius 3 is 2.35 bits per heavy atom. The van der Waals surface area contributed by atoms with Crippen LogP contribution in [0, 0.1) is 0 Å². The molecule has 37 heavy (non-hydrogen) atoms. The average molecular weight is 539 g/mol. The summed E-state index contributed by atoms with van der Waals surface area (Å²) in [5, 5.41) is 0. The first kappa shape index (κ1) is 26.6.